The maximum absolute atomic E-state index is 13.5. The average molecular weight is 540 g/mol. The number of nitrogens with zero attached hydrogens (tertiary/aromatic N) is 2. The van der Waals surface area contributed by atoms with Gasteiger partial charge in [-0.05, 0) is 48.0 Å². The summed E-state index contributed by atoms with van der Waals surface area (Å²) in [5.74, 6) is 0.570. The molecule has 0 aliphatic rings. The van der Waals surface area contributed by atoms with Gasteiger partial charge in [-0.3, -0.25) is 9.69 Å². The Morgan fingerprint density at radius 3 is 2.05 bits per heavy atom. The number of methoxy groups -OCH3 is 2. The number of halogens is 2. The van der Waals surface area contributed by atoms with Crippen molar-refractivity contribution in [2.45, 2.75) is 25.7 Å². The molecule has 0 amide bonds. The van der Waals surface area contributed by atoms with E-state index in [4.69, 9.17) is 14.2 Å². The zero-order chi connectivity index (χ0) is 27.9. The lowest BCUT2D eigenvalue weighted by Crippen LogP contribution is -2.35. The first-order valence-electron chi connectivity index (χ1n) is 12.5. The summed E-state index contributed by atoms with van der Waals surface area (Å²) in [5, 5.41) is 11.2. The van der Waals surface area contributed by atoms with Gasteiger partial charge in [-0.15, -0.1) is 0 Å². The normalized spacial score (nSPS) is 12.3. The van der Waals surface area contributed by atoms with Gasteiger partial charge in [-0.1, -0.05) is 31.2 Å². The molecule has 2 N–H and O–H groups in total. The van der Waals surface area contributed by atoms with Crippen molar-refractivity contribution in [2.24, 2.45) is 0 Å². The first-order valence-corrected chi connectivity index (χ1v) is 12.5. The van der Waals surface area contributed by atoms with E-state index in [0.717, 1.165) is 0 Å². The molecule has 10 heteroatoms. The first-order chi connectivity index (χ1) is 18.8. The van der Waals surface area contributed by atoms with Crippen LogP contribution in [0.15, 0.2) is 65.5 Å². The minimum Gasteiger partial charge on any atom is -0.493 e. The van der Waals surface area contributed by atoms with Gasteiger partial charge in [-0.2, -0.15) is 0 Å². The van der Waals surface area contributed by atoms with Crippen LogP contribution in [0.5, 0.6) is 11.5 Å². The molecular formula is C29H31F2N3O5. The second-order valence-electron chi connectivity index (χ2n) is 9.03. The predicted molar refractivity (Wildman–Crippen MR) is 143 cm³/mol. The number of fused-ring (bicyclic) bond motifs is 1. The molecule has 0 saturated carbocycles. The predicted octanol–water partition coefficient (Wildman–Crippen LogP) is 4.21. The lowest BCUT2D eigenvalue weighted by Gasteiger charge is -2.25. The number of aliphatic hydroxyl groups is 1. The van der Waals surface area contributed by atoms with Crippen molar-refractivity contribution in [1.82, 2.24) is 14.9 Å². The molecule has 3 aromatic carbocycles. The van der Waals surface area contributed by atoms with E-state index in [1.807, 2.05) is 11.8 Å². The molecule has 39 heavy (non-hydrogen) atoms. The van der Waals surface area contributed by atoms with E-state index in [1.165, 1.54) is 38.5 Å². The number of aliphatic hydroxyl groups excluding tert-OH is 1. The van der Waals surface area contributed by atoms with Crippen LogP contribution < -0.4 is 15.0 Å². The Hall–Kier alpha value is -3.86. The third-order valence-corrected chi connectivity index (χ3v) is 6.35. The van der Waals surface area contributed by atoms with Crippen LogP contribution in [0.3, 0.4) is 0 Å². The zero-order valence-electron chi connectivity index (χ0n) is 22.0. The van der Waals surface area contributed by atoms with E-state index >= 15 is 0 Å². The van der Waals surface area contributed by atoms with Crippen molar-refractivity contribution in [3.63, 3.8) is 0 Å². The lowest BCUT2D eigenvalue weighted by atomic mass is 10.0. The number of H-pyrrole nitrogens is 1. The highest BCUT2D eigenvalue weighted by Gasteiger charge is 2.20. The minimum absolute atomic E-state index is 0.0332. The quantitative estimate of drug-likeness (QED) is 0.279. The van der Waals surface area contributed by atoms with Crippen molar-refractivity contribution < 1.29 is 28.1 Å². The molecule has 0 aliphatic heterocycles. The van der Waals surface area contributed by atoms with Crippen molar-refractivity contribution in [2.75, 3.05) is 33.9 Å². The molecule has 0 saturated heterocycles. The molecule has 1 aromatic heterocycles. The number of rotatable bonds is 12. The molecule has 0 spiro atoms. The van der Waals surface area contributed by atoms with Crippen LogP contribution in [0.1, 0.15) is 30.0 Å². The minimum atomic E-state index is -0.884. The molecule has 8 nitrogen and oxygen atoms in total. The summed E-state index contributed by atoms with van der Waals surface area (Å²) < 4.78 is 43.6. The molecule has 4 rings (SSSR count). The van der Waals surface area contributed by atoms with Crippen molar-refractivity contribution in [1.29, 1.82) is 0 Å². The highest BCUT2D eigenvalue weighted by Crippen LogP contribution is 2.30. The molecule has 0 fully saturated rings. The molecular weight excluding hydrogens is 508 g/mol. The van der Waals surface area contributed by atoms with E-state index in [9.17, 15) is 18.7 Å². The summed E-state index contributed by atoms with van der Waals surface area (Å²) in [5.41, 5.74) is 1.50. The maximum Gasteiger partial charge on any atom is 0.258 e. The van der Waals surface area contributed by atoms with Gasteiger partial charge >= 0.3 is 0 Å². The fourth-order valence-electron chi connectivity index (χ4n) is 4.32. The number of nitrogens with one attached hydrogen (secondary N) is 1. The summed E-state index contributed by atoms with van der Waals surface area (Å²) in [6, 6.07) is 14.9. The number of aromatic amines is 1. The molecule has 1 atom stereocenters. The highest BCUT2D eigenvalue weighted by molar-refractivity contribution is 5.81. The van der Waals surface area contributed by atoms with E-state index in [1.54, 1.807) is 36.4 Å². The van der Waals surface area contributed by atoms with Gasteiger partial charge < -0.3 is 24.3 Å². The smallest absolute Gasteiger partial charge is 0.258 e. The first kappa shape index (κ1) is 28.2. The van der Waals surface area contributed by atoms with Crippen molar-refractivity contribution in [3.8, 4) is 11.5 Å². The zero-order valence-corrected chi connectivity index (χ0v) is 22.0. The lowest BCUT2D eigenvalue weighted by molar-refractivity contribution is -0.00909. The number of hydrogen-bond donors (Lipinski definition) is 2. The second-order valence-corrected chi connectivity index (χ2v) is 9.03. The highest BCUT2D eigenvalue weighted by atomic mass is 19.1. The third kappa shape index (κ3) is 6.97. The number of benzene rings is 3. The summed E-state index contributed by atoms with van der Waals surface area (Å²) >= 11 is 0. The number of hydrogen-bond acceptors (Lipinski definition) is 7. The Kier molecular flexibility index (Phi) is 9.23. The standard InChI is InChI=1S/C29H31F2N3O5/c1-4-34(16-27-32-24-14-26(38-3)25(37-2)13-23(24)29(36)33-27)15-22(35)17-39-28(18-5-9-20(30)10-6-18)19-7-11-21(31)12-8-19/h5-14,22,28,35H,4,15-17H2,1-3H3,(H,32,33,36). The van der Waals surface area contributed by atoms with E-state index in [0.29, 0.717) is 45.9 Å². The second kappa shape index (κ2) is 12.8. The van der Waals surface area contributed by atoms with E-state index in [-0.39, 0.29) is 36.9 Å². The molecule has 206 valence electrons. The van der Waals surface area contributed by atoms with Gasteiger partial charge in [0.1, 0.15) is 23.6 Å². The van der Waals surface area contributed by atoms with Crippen LogP contribution in [0.25, 0.3) is 10.9 Å². The van der Waals surface area contributed by atoms with E-state index < -0.39 is 12.2 Å². The number of likely N-dealkylation sites (N-methyl/N-ethyl adjacent to an activating group) is 1. The Balaban J connectivity index is 1.46. The number of ether oxygens (including phenoxy) is 3. The SMILES string of the molecule is CCN(Cc1nc2cc(OC)c(OC)cc2c(=O)[nH]1)CC(O)COC(c1ccc(F)cc1)c1ccc(F)cc1. The van der Waals surface area contributed by atoms with Gasteiger partial charge in [-0.25, -0.2) is 13.8 Å². The summed E-state index contributed by atoms with van der Waals surface area (Å²) in [6.07, 6.45) is -1.51. The van der Waals surface area contributed by atoms with Crippen LogP contribution >= 0.6 is 0 Å². The summed E-state index contributed by atoms with van der Waals surface area (Å²) in [6.45, 7) is 3.00. The molecule has 1 heterocycles. The van der Waals surface area contributed by atoms with E-state index in [2.05, 4.69) is 9.97 Å². The van der Waals surface area contributed by atoms with Gasteiger partial charge in [0.2, 0.25) is 0 Å². The van der Waals surface area contributed by atoms with Crippen LogP contribution in [0, 0.1) is 11.6 Å². The van der Waals surface area contributed by atoms with Crippen LogP contribution in [-0.2, 0) is 11.3 Å². The molecule has 1 unspecified atom stereocenters. The fraction of sp³-hybridized carbons (Fsp3) is 0.310. The van der Waals surface area contributed by atoms with Gasteiger partial charge in [0.25, 0.3) is 5.56 Å². The van der Waals surface area contributed by atoms with Crippen LogP contribution in [0.2, 0.25) is 0 Å². The molecule has 4 aromatic rings. The van der Waals surface area contributed by atoms with Crippen molar-refractivity contribution in [3.05, 3.63) is 99.6 Å². The molecule has 0 aliphatic carbocycles. The molecule has 0 radical (unpaired) electrons. The monoisotopic (exact) mass is 539 g/mol. The van der Waals surface area contributed by atoms with Gasteiger partial charge in [0.15, 0.2) is 11.5 Å². The summed E-state index contributed by atoms with van der Waals surface area (Å²) in [7, 11) is 3.01. The Morgan fingerprint density at radius 2 is 1.51 bits per heavy atom. The Bertz CT molecular complexity index is 1400. The maximum atomic E-state index is 13.5. The largest absolute Gasteiger partial charge is 0.493 e. The topological polar surface area (TPSA) is 96.9 Å². The Labute approximate surface area is 224 Å². The molecule has 0 bridgehead atoms. The van der Waals surface area contributed by atoms with Crippen molar-refractivity contribution >= 4 is 10.9 Å². The van der Waals surface area contributed by atoms with Crippen LogP contribution in [-0.4, -0.2) is 60.0 Å². The van der Waals surface area contributed by atoms with Crippen LogP contribution in [0.4, 0.5) is 8.78 Å². The van der Waals surface area contributed by atoms with Gasteiger partial charge in [0, 0.05) is 12.6 Å². The average Bonchev–Trinajstić information content (AvgIpc) is 2.93. The Morgan fingerprint density at radius 1 is 0.949 bits per heavy atom. The third-order valence-electron chi connectivity index (χ3n) is 6.35. The fourth-order valence-corrected chi connectivity index (χ4v) is 4.32. The number of aromatic nitrogens is 2. The summed E-state index contributed by atoms with van der Waals surface area (Å²) in [4.78, 5) is 22.0. The van der Waals surface area contributed by atoms with Gasteiger partial charge in [0.05, 0.1) is 44.4 Å².